The van der Waals surface area contributed by atoms with E-state index in [1.807, 2.05) is 0 Å². The second-order valence-electron chi connectivity index (χ2n) is 4.80. The molecule has 3 rings (SSSR count). The van der Waals surface area contributed by atoms with Crippen LogP contribution in [-0.4, -0.2) is 34.5 Å². The lowest BCUT2D eigenvalue weighted by molar-refractivity contribution is 0.584. The van der Waals surface area contributed by atoms with Crippen LogP contribution in [0.5, 0.6) is 0 Å². The molecule has 0 radical (unpaired) electrons. The van der Waals surface area contributed by atoms with E-state index in [-0.39, 0.29) is 11.7 Å². The van der Waals surface area contributed by atoms with Gasteiger partial charge in [0.1, 0.15) is 0 Å². The maximum atomic E-state index is 11.4. The highest BCUT2D eigenvalue weighted by Crippen LogP contribution is 2.24. The third-order valence-corrected chi connectivity index (χ3v) is 5.12. The van der Waals surface area contributed by atoms with Crippen LogP contribution in [0.25, 0.3) is 5.65 Å². The summed E-state index contributed by atoms with van der Waals surface area (Å²) in [6, 6.07) is 0. The molecular formula is C11H14N4O2S. The number of hydrogen-bond donors (Lipinski definition) is 1. The Morgan fingerprint density at radius 2 is 2.28 bits per heavy atom. The normalized spacial score (nSPS) is 22.6. The maximum absolute atomic E-state index is 11.4. The molecule has 2 aromatic rings. The summed E-state index contributed by atoms with van der Waals surface area (Å²) < 4.78 is 24.5. The van der Waals surface area contributed by atoms with Crippen LogP contribution in [0.15, 0.2) is 18.6 Å². The molecule has 7 heteroatoms. The maximum Gasteiger partial charge on any atom is 0.158 e. The van der Waals surface area contributed by atoms with Crippen LogP contribution < -0.4 is 5.73 Å². The smallest absolute Gasteiger partial charge is 0.158 e. The van der Waals surface area contributed by atoms with E-state index in [9.17, 15) is 8.42 Å². The summed E-state index contributed by atoms with van der Waals surface area (Å²) in [6.45, 7) is 0. The molecule has 1 saturated heterocycles. The van der Waals surface area contributed by atoms with Crippen molar-refractivity contribution in [1.29, 1.82) is 0 Å². The zero-order valence-electron chi connectivity index (χ0n) is 9.78. The SMILES string of the molecule is Nc1cnc2c(CC3CCS(=O)(=O)C3)cnn2c1. The molecule has 0 aliphatic carbocycles. The Morgan fingerprint density at radius 1 is 1.44 bits per heavy atom. The largest absolute Gasteiger partial charge is 0.396 e. The lowest BCUT2D eigenvalue weighted by Crippen LogP contribution is -2.07. The summed E-state index contributed by atoms with van der Waals surface area (Å²) in [7, 11) is -2.83. The molecule has 18 heavy (non-hydrogen) atoms. The van der Waals surface area contributed by atoms with Gasteiger partial charge in [0.25, 0.3) is 0 Å². The number of rotatable bonds is 2. The third-order valence-electron chi connectivity index (χ3n) is 3.28. The van der Waals surface area contributed by atoms with Gasteiger partial charge in [-0.05, 0) is 18.8 Å². The van der Waals surface area contributed by atoms with Crippen molar-refractivity contribution in [3.05, 3.63) is 24.2 Å². The van der Waals surface area contributed by atoms with Crippen molar-refractivity contribution in [2.45, 2.75) is 12.8 Å². The first kappa shape index (κ1) is 11.5. The van der Waals surface area contributed by atoms with Gasteiger partial charge in [0.15, 0.2) is 15.5 Å². The molecular weight excluding hydrogens is 252 g/mol. The van der Waals surface area contributed by atoms with Crippen LogP contribution in [0.1, 0.15) is 12.0 Å². The van der Waals surface area contributed by atoms with Crippen molar-refractivity contribution in [2.75, 3.05) is 17.2 Å². The van der Waals surface area contributed by atoms with Gasteiger partial charge in [0.05, 0.1) is 35.8 Å². The molecule has 1 atom stereocenters. The summed E-state index contributed by atoms with van der Waals surface area (Å²) in [6.07, 6.45) is 6.48. The molecule has 3 heterocycles. The first-order chi connectivity index (χ1) is 8.53. The molecule has 0 amide bonds. The Kier molecular flexibility index (Phi) is 2.51. The Balaban J connectivity index is 1.87. The van der Waals surface area contributed by atoms with Crippen LogP contribution in [-0.2, 0) is 16.3 Å². The van der Waals surface area contributed by atoms with Gasteiger partial charge in [-0.25, -0.2) is 17.9 Å². The molecule has 0 bridgehead atoms. The minimum Gasteiger partial charge on any atom is -0.396 e. The van der Waals surface area contributed by atoms with Crippen LogP contribution in [0.2, 0.25) is 0 Å². The van der Waals surface area contributed by atoms with Crippen LogP contribution >= 0.6 is 0 Å². The highest BCUT2D eigenvalue weighted by molar-refractivity contribution is 7.91. The standard InChI is InChI=1S/C11H14N4O2S/c12-10-5-13-11-9(4-14-15(11)6-10)3-8-1-2-18(16,17)7-8/h4-6,8H,1-3,7,12H2. The summed E-state index contributed by atoms with van der Waals surface area (Å²) in [5.41, 5.74) is 7.93. The van der Waals surface area contributed by atoms with Gasteiger partial charge < -0.3 is 5.73 Å². The Hall–Kier alpha value is -1.63. The van der Waals surface area contributed by atoms with Gasteiger partial charge >= 0.3 is 0 Å². The lowest BCUT2D eigenvalue weighted by Gasteiger charge is -2.05. The molecule has 6 nitrogen and oxygen atoms in total. The van der Waals surface area contributed by atoms with Crippen molar-refractivity contribution in [3.8, 4) is 0 Å². The Labute approximate surface area is 105 Å². The highest BCUT2D eigenvalue weighted by atomic mass is 32.2. The second-order valence-corrected chi connectivity index (χ2v) is 7.03. The molecule has 1 aliphatic heterocycles. The second kappa shape index (κ2) is 3.94. The van der Waals surface area contributed by atoms with E-state index in [0.717, 1.165) is 17.6 Å². The summed E-state index contributed by atoms with van der Waals surface area (Å²) in [4.78, 5) is 4.25. The zero-order chi connectivity index (χ0) is 12.8. The topological polar surface area (TPSA) is 90.3 Å². The first-order valence-corrected chi connectivity index (χ1v) is 7.64. The van der Waals surface area contributed by atoms with E-state index in [2.05, 4.69) is 10.1 Å². The summed E-state index contributed by atoms with van der Waals surface area (Å²) >= 11 is 0. The highest BCUT2D eigenvalue weighted by Gasteiger charge is 2.28. The van der Waals surface area contributed by atoms with Gasteiger partial charge in [0, 0.05) is 5.56 Å². The van der Waals surface area contributed by atoms with Crippen molar-refractivity contribution >= 4 is 21.2 Å². The average Bonchev–Trinajstić information content (AvgIpc) is 2.83. The summed E-state index contributed by atoms with van der Waals surface area (Å²) in [5, 5.41) is 4.18. The zero-order valence-corrected chi connectivity index (χ0v) is 10.6. The van der Waals surface area contributed by atoms with E-state index in [1.54, 1.807) is 23.1 Å². The predicted molar refractivity (Wildman–Crippen MR) is 67.9 cm³/mol. The van der Waals surface area contributed by atoms with Crippen LogP contribution in [0, 0.1) is 5.92 Å². The number of aromatic nitrogens is 3. The third kappa shape index (κ3) is 2.05. The van der Waals surface area contributed by atoms with E-state index in [4.69, 9.17) is 5.73 Å². The van der Waals surface area contributed by atoms with Crippen molar-refractivity contribution in [2.24, 2.45) is 5.92 Å². The number of nitrogens with zero attached hydrogens (tertiary/aromatic N) is 3. The fourth-order valence-corrected chi connectivity index (χ4v) is 4.29. The van der Waals surface area contributed by atoms with Crippen molar-refractivity contribution in [3.63, 3.8) is 0 Å². The molecule has 2 aromatic heterocycles. The van der Waals surface area contributed by atoms with Gasteiger partial charge in [-0.1, -0.05) is 0 Å². The number of sulfone groups is 1. The van der Waals surface area contributed by atoms with Gasteiger partial charge in [0.2, 0.25) is 0 Å². The quantitative estimate of drug-likeness (QED) is 0.843. The van der Waals surface area contributed by atoms with Gasteiger partial charge in [-0.3, -0.25) is 0 Å². The summed E-state index contributed by atoms with van der Waals surface area (Å²) in [5.74, 6) is 0.763. The van der Waals surface area contributed by atoms with E-state index in [1.165, 1.54) is 0 Å². The fraction of sp³-hybridized carbons (Fsp3) is 0.455. The number of fused-ring (bicyclic) bond motifs is 1. The lowest BCUT2D eigenvalue weighted by atomic mass is 10.0. The van der Waals surface area contributed by atoms with E-state index >= 15 is 0 Å². The molecule has 1 unspecified atom stereocenters. The molecule has 0 saturated carbocycles. The Bertz CT molecular complexity index is 692. The van der Waals surface area contributed by atoms with Crippen LogP contribution in [0.4, 0.5) is 5.69 Å². The number of hydrogen-bond acceptors (Lipinski definition) is 5. The van der Waals surface area contributed by atoms with Gasteiger partial charge in [-0.2, -0.15) is 5.10 Å². The predicted octanol–water partition coefficient (Wildman–Crippen LogP) is 0.289. The minimum atomic E-state index is -2.83. The monoisotopic (exact) mass is 266 g/mol. The van der Waals surface area contributed by atoms with E-state index < -0.39 is 9.84 Å². The molecule has 1 fully saturated rings. The number of nitrogens with two attached hydrogens (primary N) is 1. The molecule has 1 aliphatic rings. The van der Waals surface area contributed by atoms with Crippen LogP contribution in [0.3, 0.4) is 0 Å². The van der Waals surface area contributed by atoms with Gasteiger partial charge in [-0.15, -0.1) is 0 Å². The van der Waals surface area contributed by atoms with Crippen molar-refractivity contribution in [1.82, 2.24) is 14.6 Å². The fourth-order valence-electron chi connectivity index (χ4n) is 2.43. The first-order valence-electron chi connectivity index (χ1n) is 5.82. The Morgan fingerprint density at radius 3 is 3.00 bits per heavy atom. The molecule has 96 valence electrons. The molecule has 2 N–H and O–H groups in total. The van der Waals surface area contributed by atoms with Crippen molar-refractivity contribution < 1.29 is 8.42 Å². The molecule has 0 spiro atoms. The number of anilines is 1. The minimum absolute atomic E-state index is 0.183. The average molecular weight is 266 g/mol. The molecule has 0 aromatic carbocycles. The van der Waals surface area contributed by atoms with E-state index in [0.29, 0.717) is 17.9 Å². The number of nitrogen functional groups attached to an aromatic ring is 1.